The zero-order valence-corrected chi connectivity index (χ0v) is 67.1. The summed E-state index contributed by atoms with van der Waals surface area (Å²) in [4.78, 5) is 73.0. The maximum atomic E-state index is 13.1. The van der Waals surface area contributed by atoms with Crippen molar-refractivity contribution in [2.45, 2.75) is 451 Å². The zero-order valence-electron chi connectivity index (χ0n) is 65.3. The Labute approximate surface area is 613 Å². The monoisotopic (exact) mass is 1470 g/mol. The third kappa shape index (κ3) is 74.3. The lowest BCUT2D eigenvalue weighted by Crippen LogP contribution is -2.30. The predicted molar refractivity (Wildman–Crippen MR) is 409 cm³/mol. The van der Waals surface area contributed by atoms with E-state index in [0.29, 0.717) is 25.7 Å². The van der Waals surface area contributed by atoms with Gasteiger partial charge in [-0.25, -0.2) is 9.13 Å². The van der Waals surface area contributed by atoms with Gasteiger partial charge in [0.1, 0.15) is 19.3 Å². The molecule has 0 aliphatic carbocycles. The van der Waals surface area contributed by atoms with E-state index in [9.17, 15) is 43.2 Å². The number of phosphoric acid groups is 2. The van der Waals surface area contributed by atoms with E-state index in [0.717, 1.165) is 95.8 Å². The minimum Gasteiger partial charge on any atom is -0.462 e. The van der Waals surface area contributed by atoms with E-state index in [1.165, 1.54) is 257 Å². The van der Waals surface area contributed by atoms with Gasteiger partial charge in [0, 0.05) is 25.7 Å². The van der Waals surface area contributed by atoms with Crippen molar-refractivity contribution in [1.82, 2.24) is 0 Å². The zero-order chi connectivity index (χ0) is 73.4. The molecule has 5 atom stereocenters. The molecule has 0 bridgehead atoms. The molecule has 2 unspecified atom stereocenters. The number of hydrogen-bond acceptors (Lipinski definition) is 15. The molecule has 0 aromatic heterocycles. The van der Waals surface area contributed by atoms with Crippen LogP contribution in [0.3, 0.4) is 0 Å². The minimum absolute atomic E-state index is 0.109. The molecule has 100 heavy (non-hydrogen) atoms. The number of ether oxygens (including phenoxy) is 4. The summed E-state index contributed by atoms with van der Waals surface area (Å²) in [5.41, 5.74) is 0. The van der Waals surface area contributed by atoms with Crippen molar-refractivity contribution in [1.29, 1.82) is 0 Å². The molecule has 19 heteroatoms. The molecule has 0 spiro atoms. The predicted octanol–water partition coefficient (Wildman–Crippen LogP) is 24.4. The first-order valence-corrected chi connectivity index (χ1v) is 45.1. The Morgan fingerprint density at radius 2 is 0.460 bits per heavy atom. The van der Waals surface area contributed by atoms with Gasteiger partial charge in [-0.2, -0.15) is 0 Å². The summed E-state index contributed by atoms with van der Waals surface area (Å²) in [6.45, 7) is 7.36. The van der Waals surface area contributed by atoms with Gasteiger partial charge in [0.25, 0.3) is 0 Å². The van der Waals surface area contributed by atoms with Gasteiger partial charge in [-0.3, -0.25) is 37.3 Å². The van der Waals surface area contributed by atoms with Gasteiger partial charge in [0.2, 0.25) is 0 Å². The highest BCUT2D eigenvalue weighted by Crippen LogP contribution is 2.45. The summed E-state index contributed by atoms with van der Waals surface area (Å²) in [5, 5.41) is 10.6. The number of carbonyl (C=O) groups is 4. The van der Waals surface area contributed by atoms with Crippen LogP contribution in [-0.2, 0) is 65.4 Å². The Kier molecular flexibility index (Phi) is 72.5. The second-order valence-electron chi connectivity index (χ2n) is 29.6. The molecule has 0 amide bonds. The van der Waals surface area contributed by atoms with Crippen LogP contribution in [0.1, 0.15) is 433 Å². The van der Waals surface area contributed by atoms with Crippen LogP contribution >= 0.6 is 15.6 Å². The summed E-state index contributed by atoms with van der Waals surface area (Å²) in [6, 6.07) is 0. The van der Waals surface area contributed by atoms with Crippen molar-refractivity contribution < 1.29 is 80.2 Å². The summed E-state index contributed by atoms with van der Waals surface area (Å²) >= 11 is 0. The van der Waals surface area contributed by atoms with Crippen molar-refractivity contribution >= 4 is 39.5 Å². The first-order chi connectivity index (χ1) is 48.5. The number of rotatable bonds is 81. The van der Waals surface area contributed by atoms with Crippen LogP contribution < -0.4 is 0 Å². The van der Waals surface area contributed by atoms with E-state index >= 15 is 0 Å². The Morgan fingerprint density at radius 1 is 0.270 bits per heavy atom. The number of aliphatic hydroxyl groups is 1. The topological polar surface area (TPSA) is 237 Å². The number of esters is 4. The number of aliphatic hydroxyl groups excluding tert-OH is 1. The summed E-state index contributed by atoms with van der Waals surface area (Å²) in [6.07, 6.45) is 65.2. The van der Waals surface area contributed by atoms with Crippen molar-refractivity contribution in [2.24, 2.45) is 5.92 Å². The first-order valence-electron chi connectivity index (χ1n) is 42.1. The molecule has 0 aromatic carbocycles. The third-order valence-corrected chi connectivity index (χ3v) is 20.9. The van der Waals surface area contributed by atoms with E-state index in [1.807, 2.05) is 0 Å². The van der Waals surface area contributed by atoms with Gasteiger partial charge in [0.15, 0.2) is 12.2 Å². The molecule has 0 saturated heterocycles. The highest BCUT2D eigenvalue weighted by atomic mass is 31.2. The Bertz CT molecular complexity index is 1910. The van der Waals surface area contributed by atoms with Crippen molar-refractivity contribution in [3.8, 4) is 0 Å². The van der Waals surface area contributed by atoms with Gasteiger partial charge < -0.3 is 33.8 Å². The molecule has 0 aliphatic rings. The normalized spacial score (nSPS) is 13.8. The van der Waals surface area contributed by atoms with Crippen LogP contribution in [0.25, 0.3) is 0 Å². The lowest BCUT2D eigenvalue weighted by atomic mass is 10.0. The lowest BCUT2D eigenvalue weighted by molar-refractivity contribution is -0.161. The van der Waals surface area contributed by atoms with E-state index in [2.05, 4.69) is 34.6 Å². The van der Waals surface area contributed by atoms with Crippen molar-refractivity contribution in [3.63, 3.8) is 0 Å². The highest BCUT2D eigenvalue weighted by molar-refractivity contribution is 7.47. The molecule has 0 aromatic rings. The van der Waals surface area contributed by atoms with Crippen molar-refractivity contribution in [3.05, 3.63) is 0 Å². The van der Waals surface area contributed by atoms with Crippen LogP contribution in [-0.4, -0.2) is 96.7 Å². The average Bonchev–Trinajstić information content (AvgIpc) is 0.935. The smallest absolute Gasteiger partial charge is 0.462 e. The third-order valence-electron chi connectivity index (χ3n) is 19.0. The van der Waals surface area contributed by atoms with E-state index in [-0.39, 0.29) is 25.7 Å². The number of carbonyl (C=O) groups excluding carboxylic acids is 4. The Balaban J connectivity index is 5.20. The van der Waals surface area contributed by atoms with E-state index < -0.39 is 97.5 Å². The number of hydrogen-bond donors (Lipinski definition) is 3. The molecule has 0 aliphatic heterocycles. The molecule has 0 fully saturated rings. The van der Waals surface area contributed by atoms with E-state index in [4.69, 9.17) is 37.0 Å². The first kappa shape index (κ1) is 98.1. The molecule has 594 valence electrons. The Morgan fingerprint density at radius 3 is 0.680 bits per heavy atom. The van der Waals surface area contributed by atoms with Crippen LogP contribution in [0.4, 0.5) is 0 Å². The average molecular weight is 1470 g/mol. The second-order valence-corrected chi connectivity index (χ2v) is 32.5. The van der Waals surface area contributed by atoms with Crippen LogP contribution in [0.15, 0.2) is 0 Å². The van der Waals surface area contributed by atoms with Crippen LogP contribution in [0.2, 0.25) is 0 Å². The summed E-state index contributed by atoms with van der Waals surface area (Å²) in [7, 11) is -9.92. The van der Waals surface area contributed by atoms with Gasteiger partial charge >= 0.3 is 39.5 Å². The maximum Gasteiger partial charge on any atom is 0.472 e. The quantitative estimate of drug-likeness (QED) is 0.0222. The van der Waals surface area contributed by atoms with Gasteiger partial charge in [0.05, 0.1) is 26.4 Å². The minimum atomic E-state index is -4.96. The Hall–Kier alpha value is -1.94. The molecule has 0 saturated carbocycles. The van der Waals surface area contributed by atoms with Crippen molar-refractivity contribution in [2.75, 3.05) is 39.6 Å². The highest BCUT2D eigenvalue weighted by Gasteiger charge is 2.30. The maximum absolute atomic E-state index is 13.1. The summed E-state index contributed by atoms with van der Waals surface area (Å²) in [5.74, 6) is -1.29. The second kappa shape index (κ2) is 73.9. The fourth-order valence-corrected chi connectivity index (χ4v) is 14.2. The molecule has 3 N–H and O–H groups in total. The molecule has 0 rings (SSSR count). The molecular formula is C81H158O17P2. The van der Waals surface area contributed by atoms with Gasteiger partial charge in [-0.1, -0.05) is 381 Å². The van der Waals surface area contributed by atoms with Crippen LogP contribution in [0, 0.1) is 5.92 Å². The number of unbranched alkanes of at least 4 members (excludes halogenated alkanes) is 53. The van der Waals surface area contributed by atoms with Gasteiger partial charge in [-0.05, 0) is 31.6 Å². The molecule has 17 nitrogen and oxygen atoms in total. The fourth-order valence-electron chi connectivity index (χ4n) is 12.6. The number of phosphoric ester groups is 2. The van der Waals surface area contributed by atoms with E-state index in [1.54, 1.807) is 0 Å². The SMILES string of the molecule is CCCCCCCCCCCCCCCCCC(=O)OC[C@H](COP(=O)(O)OC[C@@H](O)COP(=O)(O)OC[C@@H](COC(=O)CCCCCCCCCCC)OC(=O)CCCCCCCCCCCCCCCCC)OC(=O)CCCCCCCCCCCCCCCCCCCCC(C)C. The molecular weight excluding hydrogens is 1310 g/mol. The molecule has 0 radical (unpaired) electrons. The molecule has 0 heterocycles. The fraction of sp³-hybridized carbons (Fsp3) is 0.951. The van der Waals surface area contributed by atoms with Crippen LogP contribution in [0.5, 0.6) is 0 Å². The van der Waals surface area contributed by atoms with Gasteiger partial charge in [-0.15, -0.1) is 0 Å². The standard InChI is InChI=1S/C81H158O17P2/c1-6-9-12-15-18-21-23-25-31-36-40-45-50-55-60-65-79(84)92-71-77(98-81(86)67-62-57-52-47-42-38-34-30-28-27-29-33-35-39-44-48-53-58-63-74(4)5)73-96-100(89,90)94-69-75(82)68-93-99(87,88)95-72-76(70-91-78(83)64-59-54-49-43-20-17-14-11-8-3)97-80(85)66-61-56-51-46-41-37-32-26-24-22-19-16-13-10-7-2/h74-77,82H,6-73H2,1-5H3,(H,87,88)(H,89,90)/t75-,76+,77+/m0/s1. The summed E-state index contributed by atoms with van der Waals surface area (Å²) < 4.78 is 68.7. The lowest BCUT2D eigenvalue weighted by Gasteiger charge is -2.21. The largest absolute Gasteiger partial charge is 0.472 e.